The third kappa shape index (κ3) is 3.05. The van der Waals surface area contributed by atoms with Crippen LogP contribution in [0, 0.1) is 0 Å². The van der Waals surface area contributed by atoms with Crippen LogP contribution in [0.15, 0.2) is 12.4 Å². The van der Waals surface area contributed by atoms with Gasteiger partial charge in [0.25, 0.3) is 5.91 Å². The predicted molar refractivity (Wildman–Crippen MR) is 72.7 cm³/mol. The Morgan fingerprint density at radius 3 is 2.65 bits per heavy atom. The number of morpholine rings is 1. The molecule has 0 radical (unpaired) electrons. The first kappa shape index (κ1) is 13.3. The zero-order valence-corrected chi connectivity index (χ0v) is 11.2. The number of hydrogen-bond acceptors (Lipinski definition) is 6. The van der Waals surface area contributed by atoms with Crippen LogP contribution < -0.4 is 10.2 Å². The molecule has 7 nitrogen and oxygen atoms in total. The van der Waals surface area contributed by atoms with Crippen molar-refractivity contribution in [2.75, 3.05) is 43.1 Å². The number of nitrogens with one attached hydrogen (secondary N) is 1. The van der Waals surface area contributed by atoms with Crippen LogP contribution in [-0.2, 0) is 14.3 Å². The predicted octanol–water partition coefficient (Wildman–Crippen LogP) is 0.431. The molecule has 0 bridgehead atoms. The maximum Gasteiger partial charge on any atom is 0.253 e. The van der Waals surface area contributed by atoms with Crippen molar-refractivity contribution in [3.8, 4) is 0 Å². The van der Waals surface area contributed by atoms with E-state index in [1.54, 1.807) is 12.4 Å². The van der Waals surface area contributed by atoms with Crippen LogP contribution in [0.2, 0.25) is 0 Å². The van der Waals surface area contributed by atoms with E-state index in [0.717, 1.165) is 25.9 Å². The van der Waals surface area contributed by atoms with Gasteiger partial charge in [-0.15, -0.1) is 0 Å². The molecule has 2 aliphatic rings. The third-order valence-corrected chi connectivity index (χ3v) is 3.42. The minimum atomic E-state index is -0.339. The van der Waals surface area contributed by atoms with Gasteiger partial charge in [0.2, 0.25) is 5.95 Å². The molecule has 108 valence electrons. The summed E-state index contributed by atoms with van der Waals surface area (Å²) in [6.45, 7) is 3.63. The fourth-order valence-electron chi connectivity index (χ4n) is 2.32. The quantitative estimate of drug-likeness (QED) is 0.864. The Hall–Kier alpha value is -1.73. The van der Waals surface area contributed by atoms with E-state index in [4.69, 9.17) is 9.47 Å². The van der Waals surface area contributed by atoms with Gasteiger partial charge in [0.05, 0.1) is 31.3 Å². The highest BCUT2D eigenvalue weighted by molar-refractivity contribution is 5.94. The van der Waals surface area contributed by atoms with Crippen LogP contribution in [0.5, 0.6) is 0 Å². The zero-order chi connectivity index (χ0) is 13.8. The number of hydrogen-bond donors (Lipinski definition) is 1. The number of carbonyl (C=O) groups excluding carboxylic acids is 1. The standard InChI is InChI=1S/C13H18N4O3/c18-12(11-2-1-5-20-11)16-10-8-14-13(15-9-10)17-3-6-19-7-4-17/h8-9,11H,1-7H2,(H,16,18). The lowest BCUT2D eigenvalue weighted by molar-refractivity contribution is -0.124. The Morgan fingerprint density at radius 2 is 2.00 bits per heavy atom. The van der Waals surface area contributed by atoms with Gasteiger partial charge in [-0.3, -0.25) is 4.79 Å². The van der Waals surface area contributed by atoms with E-state index >= 15 is 0 Å². The molecule has 1 atom stereocenters. The van der Waals surface area contributed by atoms with Crippen molar-refractivity contribution < 1.29 is 14.3 Å². The number of nitrogens with zero attached hydrogens (tertiary/aromatic N) is 3. The highest BCUT2D eigenvalue weighted by atomic mass is 16.5. The second-order valence-corrected chi connectivity index (χ2v) is 4.86. The van der Waals surface area contributed by atoms with E-state index in [-0.39, 0.29) is 12.0 Å². The van der Waals surface area contributed by atoms with Crippen molar-refractivity contribution in [1.82, 2.24) is 9.97 Å². The van der Waals surface area contributed by atoms with E-state index in [2.05, 4.69) is 20.2 Å². The summed E-state index contributed by atoms with van der Waals surface area (Å²) in [7, 11) is 0. The van der Waals surface area contributed by atoms with Gasteiger partial charge in [-0.1, -0.05) is 0 Å². The molecule has 3 heterocycles. The normalized spacial score (nSPS) is 22.8. The van der Waals surface area contributed by atoms with Gasteiger partial charge in [-0.2, -0.15) is 0 Å². The minimum absolute atomic E-state index is 0.120. The van der Waals surface area contributed by atoms with Crippen molar-refractivity contribution in [2.45, 2.75) is 18.9 Å². The van der Waals surface area contributed by atoms with Crippen molar-refractivity contribution in [3.63, 3.8) is 0 Å². The molecular formula is C13H18N4O3. The summed E-state index contributed by atoms with van der Waals surface area (Å²) in [6.07, 6.45) is 4.63. The largest absolute Gasteiger partial charge is 0.378 e. The summed E-state index contributed by atoms with van der Waals surface area (Å²) in [5, 5.41) is 2.78. The molecule has 1 aromatic rings. The first-order valence-corrected chi connectivity index (χ1v) is 6.90. The molecule has 0 aromatic carbocycles. The summed E-state index contributed by atoms with van der Waals surface area (Å²) in [6, 6.07) is 0. The molecule has 1 aromatic heterocycles. The molecule has 0 saturated carbocycles. The molecule has 1 N–H and O–H groups in total. The lowest BCUT2D eigenvalue weighted by atomic mass is 10.2. The van der Waals surface area contributed by atoms with Crippen LogP contribution in [0.4, 0.5) is 11.6 Å². The Bertz CT molecular complexity index is 453. The van der Waals surface area contributed by atoms with Crippen LogP contribution in [0.1, 0.15) is 12.8 Å². The fraction of sp³-hybridized carbons (Fsp3) is 0.615. The molecule has 7 heteroatoms. The molecule has 1 amide bonds. The summed E-state index contributed by atoms with van der Waals surface area (Å²) in [4.78, 5) is 22.5. The molecule has 0 aliphatic carbocycles. The van der Waals surface area contributed by atoms with E-state index in [1.165, 1.54) is 0 Å². The van der Waals surface area contributed by atoms with Crippen LogP contribution >= 0.6 is 0 Å². The summed E-state index contributed by atoms with van der Waals surface area (Å²) in [5.74, 6) is 0.550. The summed E-state index contributed by atoms with van der Waals surface area (Å²) < 4.78 is 10.6. The molecular weight excluding hydrogens is 260 g/mol. The molecule has 2 saturated heterocycles. The minimum Gasteiger partial charge on any atom is -0.378 e. The summed E-state index contributed by atoms with van der Waals surface area (Å²) in [5.41, 5.74) is 0.600. The Kier molecular flexibility index (Phi) is 4.08. The zero-order valence-electron chi connectivity index (χ0n) is 11.2. The van der Waals surface area contributed by atoms with Crippen LogP contribution in [-0.4, -0.2) is 54.9 Å². The molecule has 20 heavy (non-hydrogen) atoms. The van der Waals surface area contributed by atoms with Crippen molar-refractivity contribution in [2.24, 2.45) is 0 Å². The first-order valence-electron chi connectivity index (χ1n) is 6.90. The van der Waals surface area contributed by atoms with Crippen molar-refractivity contribution in [3.05, 3.63) is 12.4 Å². The van der Waals surface area contributed by atoms with Gasteiger partial charge in [-0.25, -0.2) is 9.97 Å². The smallest absolute Gasteiger partial charge is 0.253 e. The van der Waals surface area contributed by atoms with Crippen molar-refractivity contribution >= 4 is 17.5 Å². The van der Waals surface area contributed by atoms with Gasteiger partial charge < -0.3 is 19.7 Å². The van der Waals surface area contributed by atoms with Gasteiger partial charge >= 0.3 is 0 Å². The Labute approximate surface area is 117 Å². The Balaban J connectivity index is 1.59. The van der Waals surface area contributed by atoms with Gasteiger partial charge in [0.1, 0.15) is 6.10 Å². The lowest BCUT2D eigenvalue weighted by Crippen LogP contribution is -2.37. The number of anilines is 2. The molecule has 3 rings (SSSR count). The first-order chi connectivity index (χ1) is 9.83. The van der Waals surface area contributed by atoms with E-state index in [9.17, 15) is 4.79 Å². The van der Waals surface area contributed by atoms with Gasteiger partial charge in [0.15, 0.2) is 0 Å². The number of rotatable bonds is 3. The second kappa shape index (κ2) is 6.15. The highest BCUT2D eigenvalue weighted by Gasteiger charge is 2.23. The van der Waals surface area contributed by atoms with Gasteiger partial charge in [-0.05, 0) is 12.8 Å². The van der Waals surface area contributed by atoms with Crippen LogP contribution in [0.25, 0.3) is 0 Å². The van der Waals surface area contributed by atoms with E-state index in [1.807, 2.05) is 0 Å². The monoisotopic (exact) mass is 278 g/mol. The van der Waals surface area contributed by atoms with E-state index in [0.29, 0.717) is 31.5 Å². The highest BCUT2D eigenvalue weighted by Crippen LogP contribution is 2.16. The fourth-order valence-corrected chi connectivity index (χ4v) is 2.32. The van der Waals surface area contributed by atoms with Crippen molar-refractivity contribution in [1.29, 1.82) is 0 Å². The van der Waals surface area contributed by atoms with Crippen LogP contribution in [0.3, 0.4) is 0 Å². The third-order valence-electron chi connectivity index (χ3n) is 3.42. The average Bonchev–Trinajstić information content (AvgIpc) is 3.03. The SMILES string of the molecule is O=C(Nc1cnc(N2CCOCC2)nc1)C1CCCO1. The molecule has 1 unspecified atom stereocenters. The van der Waals surface area contributed by atoms with E-state index < -0.39 is 0 Å². The maximum atomic E-state index is 11.9. The number of carbonyl (C=O) groups is 1. The molecule has 0 spiro atoms. The topological polar surface area (TPSA) is 76.6 Å². The Morgan fingerprint density at radius 1 is 1.25 bits per heavy atom. The molecule has 2 aliphatic heterocycles. The number of ether oxygens (including phenoxy) is 2. The number of aromatic nitrogens is 2. The average molecular weight is 278 g/mol. The maximum absolute atomic E-state index is 11.9. The lowest BCUT2D eigenvalue weighted by Gasteiger charge is -2.26. The summed E-state index contributed by atoms with van der Waals surface area (Å²) >= 11 is 0. The second-order valence-electron chi connectivity index (χ2n) is 4.86. The van der Waals surface area contributed by atoms with Gasteiger partial charge in [0, 0.05) is 19.7 Å². The molecule has 2 fully saturated rings. The number of amides is 1.